The normalized spacial score (nSPS) is 18.1. The Morgan fingerprint density at radius 3 is 2.53 bits per heavy atom. The number of thioether (sulfide) groups is 1. The van der Waals surface area contributed by atoms with Gasteiger partial charge in [0.15, 0.2) is 0 Å². The highest BCUT2D eigenvalue weighted by Gasteiger charge is 2.45. The molecule has 2 rings (SSSR count). The molecule has 0 aromatic heterocycles. The molecule has 0 spiro atoms. The fraction of sp³-hybridized carbons (Fsp3) is 0.533. The lowest BCUT2D eigenvalue weighted by Gasteiger charge is -2.30. The van der Waals surface area contributed by atoms with Crippen molar-refractivity contribution in [1.29, 1.82) is 5.26 Å². The number of benzene rings is 1. The number of rotatable bonds is 6. The average Bonchev–Trinajstić information content (AvgIpc) is 3.20. The SMILES string of the molecule is CC(C)NC(C#N)(CSc1ccc(F)cc1)C1CC1. The van der Waals surface area contributed by atoms with Crippen LogP contribution in [-0.4, -0.2) is 17.3 Å². The third-order valence-corrected chi connectivity index (χ3v) is 4.51. The summed E-state index contributed by atoms with van der Waals surface area (Å²) in [4.78, 5) is 1.01. The van der Waals surface area contributed by atoms with Crippen LogP contribution in [0, 0.1) is 23.1 Å². The molecular formula is C15H19FN2S. The molecular weight excluding hydrogens is 259 g/mol. The minimum atomic E-state index is -0.451. The molecule has 19 heavy (non-hydrogen) atoms. The maximum Gasteiger partial charge on any atom is 0.123 e. The molecule has 0 aliphatic heterocycles. The first kappa shape index (κ1) is 14.4. The molecule has 0 bridgehead atoms. The Morgan fingerprint density at radius 1 is 1.42 bits per heavy atom. The number of nitrogens with zero attached hydrogens (tertiary/aromatic N) is 1. The van der Waals surface area contributed by atoms with Gasteiger partial charge in [-0.05, 0) is 56.9 Å². The molecule has 1 aromatic rings. The molecule has 1 saturated carbocycles. The van der Waals surface area contributed by atoms with E-state index in [-0.39, 0.29) is 11.9 Å². The third-order valence-electron chi connectivity index (χ3n) is 3.30. The average molecular weight is 278 g/mol. The lowest BCUT2D eigenvalue weighted by molar-refractivity contribution is 0.370. The van der Waals surface area contributed by atoms with Crippen LogP contribution in [0.25, 0.3) is 0 Å². The van der Waals surface area contributed by atoms with E-state index in [0.29, 0.717) is 11.7 Å². The quantitative estimate of drug-likeness (QED) is 0.808. The van der Waals surface area contributed by atoms with Crippen molar-refractivity contribution in [2.75, 3.05) is 5.75 Å². The molecule has 102 valence electrons. The first-order valence-electron chi connectivity index (χ1n) is 6.63. The predicted molar refractivity (Wildman–Crippen MR) is 76.5 cm³/mol. The van der Waals surface area contributed by atoms with Crippen LogP contribution in [0.15, 0.2) is 29.2 Å². The summed E-state index contributed by atoms with van der Waals surface area (Å²) >= 11 is 1.62. The molecule has 0 amide bonds. The van der Waals surface area contributed by atoms with Crippen LogP contribution in [0.5, 0.6) is 0 Å². The standard InChI is InChI=1S/C15H19FN2S/c1-11(2)18-15(9-17,12-3-4-12)10-19-14-7-5-13(16)6-8-14/h5-8,11-12,18H,3-4,10H2,1-2H3. The lowest BCUT2D eigenvalue weighted by atomic mass is 9.96. The summed E-state index contributed by atoms with van der Waals surface area (Å²) in [6, 6.07) is 9.23. The Balaban J connectivity index is 2.04. The van der Waals surface area contributed by atoms with Gasteiger partial charge in [-0.2, -0.15) is 5.26 Å². The smallest absolute Gasteiger partial charge is 0.123 e. The second-order valence-corrected chi connectivity index (χ2v) is 6.45. The number of halogens is 1. The van der Waals surface area contributed by atoms with Crippen LogP contribution >= 0.6 is 11.8 Å². The van der Waals surface area contributed by atoms with E-state index in [1.165, 1.54) is 12.1 Å². The molecule has 1 atom stereocenters. The zero-order chi connectivity index (χ0) is 13.9. The largest absolute Gasteiger partial charge is 0.296 e. The van der Waals surface area contributed by atoms with Crippen molar-refractivity contribution in [3.05, 3.63) is 30.1 Å². The van der Waals surface area contributed by atoms with E-state index >= 15 is 0 Å². The van der Waals surface area contributed by atoms with Gasteiger partial charge in [-0.1, -0.05) is 0 Å². The van der Waals surface area contributed by atoms with Crippen molar-refractivity contribution in [3.63, 3.8) is 0 Å². The van der Waals surface area contributed by atoms with Gasteiger partial charge in [0, 0.05) is 16.7 Å². The summed E-state index contributed by atoms with van der Waals surface area (Å²) in [5, 5.41) is 13.0. The van der Waals surface area contributed by atoms with Crippen molar-refractivity contribution in [3.8, 4) is 6.07 Å². The topological polar surface area (TPSA) is 35.8 Å². The van der Waals surface area contributed by atoms with E-state index in [9.17, 15) is 9.65 Å². The fourth-order valence-corrected chi connectivity index (χ4v) is 3.36. The Kier molecular flexibility index (Phi) is 4.49. The number of nitrogens with one attached hydrogen (secondary N) is 1. The number of hydrogen-bond donors (Lipinski definition) is 1. The van der Waals surface area contributed by atoms with Gasteiger partial charge < -0.3 is 0 Å². The minimum Gasteiger partial charge on any atom is -0.296 e. The van der Waals surface area contributed by atoms with Crippen molar-refractivity contribution < 1.29 is 4.39 Å². The predicted octanol–water partition coefficient (Wildman–Crippen LogP) is 3.59. The van der Waals surface area contributed by atoms with Crippen molar-refractivity contribution in [2.45, 2.75) is 43.2 Å². The van der Waals surface area contributed by atoms with Gasteiger partial charge in [0.05, 0.1) is 6.07 Å². The van der Waals surface area contributed by atoms with Crippen molar-refractivity contribution >= 4 is 11.8 Å². The first-order valence-corrected chi connectivity index (χ1v) is 7.61. The van der Waals surface area contributed by atoms with Gasteiger partial charge in [-0.15, -0.1) is 11.8 Å². The minimum absolute atomic E-state index is 0.224. The zero-order valence-electron chi connectivity index (χ0n) is 11.3. The maximum atomic E-state index is 12.9. The van der Waals surface area contributed by atoms with Crippen LogP contribution in [-0.2, 0) is 0 Å². The summed E-state index contributed by atoms with van der Waals surface area (Å²) in [7, 11) is 0. The molecule has 1 aliphatic rings. The molecule has 1 unspecified atom stereocenters. The molecule has 1 N–H and O–H groups in total. The second-order valence-electron chi connectivity index (χ2n) is 5.40. The van der Waals surface area contributed by atoms with E-state index in [0.717, 1.165) is 17.7 Å². The van der Waals surface area contributed by atoms with Gasteiger partial charge in [-0.25, -0.2) is 4.39 Å². The molecule has 0 saturated heterocycles. The van der Waals surface area contributed by atoms with Gasteiger partial charge >= 0.3 is 0 Å². The summed E-state index contributed by atoms with van der Waals surface area (Å²) < 4.78 is 12.9. The van der Waals surface area contributed by atoms with E-state index in [2.05, 4.69) is 25.2 Å². The van der Waals surface area contributed by atoms with Crippen molar-refractivity contribution in [1.82, 2.24) is 5.32 Å². The Bertz CT molecular complexity index is 462. The molecule has 4 heteroatoms. The van der Waals surface area contributed by atoms with Crippen LogP contribution in [0.3, 0.4) is 0 Å². The summed E-state index contributed by atoms with van der Waals surface area (Å²) in [5.41, 5.74) is -0.451. The zero-order valence-corrected chi connectivity index (χ0v) is 12.1. The second kappa shape index (κ2) is 5.94. The monoisotopic (exact) mass is 278 g/mol. The van der Waals surface area contributed by atoms with Crippen LogP contribution in [0.4, 0.5) is 4.39 Å². The van der Waals surface area contributed by atoms with E-state index in [1.807, 2.05) is 0 Å². The Morgan fingerprint density at radius 2 is 2.05 bits per heavy atom. The third kappa shape index (κ3) is 3.71. The van der Waals surface area contributed by atoms with Crippen LogP contribution in [0.2, 0.25) is 0 Å². The molecule has 1 fully saturated rings. The number of nitriles is 1. The van der Waals surface area contributed by atoms with Gasteiger partial charge in [-0.3, -0.25) is 5.32 Å². The highest BCUT2D eigenvalue weighted by molar-refractivity contribution is 7.99. The highest BCUT2D eigenvalue weighted by Crippen LogP contribution is 2.42. The first-order chi connectivity index (χ1) is 9.05. The molecule has 0 heterocycles. The Hall–Kier alpha value is -1.05. The van der Waals surface area contributed by atoms with Crippen LogP contribution in [0.1, 0.15) is 26.7 Å². The lowest BCUT2D eigenvalue weighted by Crippen LogP contribution is -2.51. The van der Waals surface area contributed by atoms with E-state index < -0.39 is 5.54 Å². The molecule has 0 radical (unpaired) electrons. The molecule has 1 aliphatic carbocycles. The highest BCUT2D eigenvalue weighted by atomic mass is 32.2. The van der Waals surface area contributed by atoms with Gasteiger partial charge in [0.1, 0.15) is 11.4 Å². The van der Waals surface area contributed by atoms with Crippen LogP contribution < -0.4 is 5.32 Å². The summed E-state index contributed by atoms with van der Waals surface area (Å²) in [6.45, 7) is 4.13. The fourth-order valence-electron chi connectivity index (χ4n) is 2.25. The van der Waals surface area contributed by atoms with E-state index in [1.54, 1.807) is 23.9 Å². The molecule has 1 aromatic carbocycles. The van der Waals surface area contributed by atoms with Gasteiger partial charge in [0.2, 0.25) is 0 Å². The number of hydrogen-bond acceptors (Lipinski definition) is 3. The van der Waals surface area contributed by atoms with E-state index in [4.69, 9.17) is 0 Å². The Labute approximate surface area is 118 Å². The van der Waals surface area contributed by atoms with Gasteiger partial charge in [0.25, 0.3) is 0 Å². The summed E-state index contributed by atoms with van der Waals surface area (Å²) in [5.74, 6) is 0.934. The maximum absolute atomic E-state index is 12.9. The van der Waals surface area contributed by atoms with Crippen molar-refractivity contribution in [2.24, 2.45) is 5.92 Å². The summed E-state index contributed by atoms with van der Waals surface area (Å²) in [6.07, 6.45) is 2.24. The molecule has 2 nitrogen and oxygen atoms in total.